The van der Waals surface area contributed by atoms with E-state index in [1.165, 1.54) is 16.6 Å². The molecule has 1 aromatic heterocycles. The van der Waals surface area contributed by atoms with Gasteiger partial charge in [0.15, 0.2) is 0 Å². The summed E-state index contributed by atoms with van der Waals surface area (Å²) in [6, 6.07) is 27.2. The number of halogens is 1. The van der Waals surface area contributed by atoms with E-state index in [1.54, 1.807) is 0 Å². The molecule has 0 bridgehead atoms. The summed E-state index contributed by atoms with van der Waals surface area (Å²) in [5.41, 5.74) is 5.89. The Morgan fingerprint density at radius 2 is 1.54 bits per heavy atom. The fourth-order valence-electron chi connectivity index (χ4n) is 3.15. The van der Waals surface area contributed by atoms with Crippen molar-refractivity contribution in [1.29, 1.82) is 0 Å². The maximum atomic E-state index is 4.85. The van der Waals surface area contributed by atoms with Crippen LogP contribution in [-0.2, 0) is 13.1 Å². The van der Waals surface area contributed by atoms with Crippen LogP contribution in [-0.4, -0.2) is 9.55 Å². The predicted molar refractivity (Wildman–Crippen MR) is 111 cm³/mol. The van der Waals surface area contributed by atoms with Crippen LogP contribution >= 0.6 is 12.4 Å². The Bertz CT molecular complexity index is 993. The van der Waals surface area contributed by atoms with Crippen LogP contribution in [0.25, 0.3) is 11.0 Å². The molecule has 0 saturated carbocycles. The normalized spacial score (nSPS) is 10.5. The lowest BCUT2D eigenvalue weighted by Crippen LogP contribution is -2.10. The molecule has 0 spiro atoms. The second kappa shape index (κ2) is 8.07. The molecule has 0 saturated heterocycles. The number of anilines is 1. The SMILES string of the molecule is Cc1ccccc1NCc1nc2ccccc2n1Cc1ccccc1.Cl. The Balaban J connectivity index is 0.00000196. The first-order valence-electron chi connectivity index (χ1n) is 8.59. The van der Waals surface area contributed by atoms with E-state index in [0.717, 1.165) is 23.6 Å². The summed E-state index contributed by atoms with van der Waals surface area (Å²) in [6.07, 6.45) is 0. The zero-order chi connectivity index (χ0) is 17.1. The smallest absolute Gasteiger partial charge is 0.129 e. The van der Waals surface area contributed by atoms with Crippen molar-refractivity contribution in [3.8, 4) is 0 Å². The first-order chi connectivity index (χ1) is 12.3. The molecule has 26 heavy (non-hydrogen) atoms. The molecule has 132 valence electrons. The predicted octanol–water partition coefficient (Wildman–Crippen LogP) is 5.43. The van der Waals surface area contributed by atoms with Crippen molar-refractivity contribution in [3.05, 3.63) is 95.8 Å². The van der Waals surface area contributed by atoms with E-state index in [-0.39, 0.29) is 12.4 Å². The van der Waals surface area contributed by atoms with Crippen LogP contribution in [0.15, 0.2) is 78.9 Å². The van der Waals surface area contributed by atoms with Gasteiger partial charge in [-0.3, -0.25) is 0 Å². The number of para-hydroxylation sites is 3. The average molecular weight is 364 g/mol. The zero-order valence-electron chi connectivity index (χ0n) is 14.7. The molecule has 0 atom stereocenters. The minimum atomic E-state index is 0. The molecule has 0 radical (unpaired) electrons. The molecule has 0 fully saturated rings. The fourth-order valence-corrected chi connectivity index (χ4v) is 3.15. The molecule has 3 nitrogen and oxygen atoms in total. The number of imidazole rings is 1. The second-order valence-electron chi connectivity index (χ2n) is 6.26. The van der Waals surface area contributed by atoms with Crippen LogP contribution in [0.2, 0.25) is 0 Å². The largest absolute Gasteiger partial charge is 0.378 e. The minimum absolute atomic E-state index is 0. The monoisotopic (exact) mass is 363 g/mol. The van der Waals surface area contributed by atoms with Gasteiger partial charge >= 0.3 is 0 Å². The van der Waals surface area contributed by atoms with Gasteiger partial charge in [0.05, 0.1) is 17.6 Å². The lowest BCUT2D eigenvalue weighted by molar-refractivity contribution is 0.756. The molecule has 4 heteroatoms. The Morgan fingerprint density at radius 1 is 0.846 bits per heavy atom. The van der Waals surface area contributed by atoms with Gasteiger partial charge in [0, 0.05) is 12.2 Å². The zero-order valence-corrected chi connectivity index (χ0v) is 15.5. The van der Waals surface area contributed by atoms with Crippen LogP contribution in [0.4, 0.5) is 5.69 Å². The first-order valence-corrected chi connectivity index (χ1v) is 8.59. The molecule has 0 aliphatic rings. The molecule has 4 aromatic rings. The van der Waals surface area contributed by atoms with Gasteiger partial charge < -0.3 is 9.88 Å². The van der Waals surface area contributed by atoms with E-state index in [1.807, 2.05) is 6.07 Å². The van der Waals surface area contributed by atoms with Gasteiger partial charge in [0.2, 0.25) is 0 Å². The highest BCUT2D eigenvalue weighted by Gasteiger charge is 2.11. The van der Waals surface area contributed by atoms with E-state index >= 15 is 0 Å². The van der Waals surface area contributed by atoms with E-state index in [2.05, 4.69) is 89.6 Å². The molecule has 0 unspecified atom stereocenters. The summed E-state index contributed by atoms with van der Waals surface area (Å²) in [7, 11) is 0. The number of aryl methyl sites for hydroxylation is 1. The maximum Gasteiger partial charge on any atom is 0.129 e. The summed E-state index contributed by atoms with van der Waals surface area (Å²) in [5, 5.41) is 3.53. The summed E-state index contributed by atoms with van der Waals surface area (Å²) in [6.45, 7) is 3.65. The fraction of sp³-hybridized carbons (Fsp3) is 0.136. The van der Waals surface area contributed by atoms with E-state index < -0.39 is 0 Å². The second-order valence-corrected chi connectivity index (χ2v) is 6.26. The quantitative estimate of drug-likeness (QED) is 0.512. The van der Waals surface area contributed by atoms with Gasteiger partial charge in [-0.15, -0.1) is 12.4 Å². The molecule has 3 aromatic carbocycles. The molecule has 1 heterocycles. The number of nitrogens with one attached hydrogen (secondary N) is 1. The average Bonchev–Trinajstić information content (AvgIpc) is 3.00. The lowest BCUT2D eigenvalue weighted by atomic mass is 10.2. The van der Waals surface area contributed by atoms with Crippen LogP contribution in [0.5, 0.6) is 0 Å². The van der Waals surface area contributed by atoms with Crippen LogP contribution in [0.3, 0.4) is 0 Å². The first kappa shape index (κ1) is 18.0. The van der Waals surface area contributed by atoms with Gasteiger partial charge in [-0.2, -0.15) is 0 Å². The Hall–Kier alpha value is -2.78. The van der Waals surface area contributed by atoms with Crippen molar-refractivity contribution in [2.75, 3.05) is 5.32 Å². The number of aromatic nitrogens is 2. The summed E-state index contributed by atoms with van der Waals surface area (Å²) in [5.74, 6) is 1.05. The van der Waals surface area contributed by atoms with E-state index in [0.29, 0.717) is 6.54 Å². The third-order valence-electron chi connectivity index (χ3n) is 4.50. The molecule has 0 amide bonds. The van der Waals surface area contributed by atoms with Crippen molar-refractivity contribution in [1.82, 2.24) is 9.55 Å². The van der Waals surface area contributed by atoms with Crippen molar-refractivity contribution in [2.24, 2.45) is 0 Å². The minimum Gasteiger partial charge on any atom is -0.378 e. The number of nitrogens with zero attached hydrogens (tertiary/aromatic N) is 2. The molecule has 4 rings (SSSR count). The highest BCUT2D eigenvalue weighted by molar-refractivity contribution is 5.85. The van der Waals surface area contributed by atoms with Crippen LogP contribution < -0.4 is 5.32 Å². The van der Waals surface area contributed by atoms with E-state index in [9.17, 15) is 0 Å². The summed E-state index contributed by atoms with van der Waals surface area (Å²) in [4.78, 5) is 4.85. The van der Waals surface area contributed by atoms with Gasteiger partial charge in [0.25, 0.3) is 0 Å². The molecule has 0 aliphatic carbocycles. The number of rotatable bonds is 5. The topological polar surface area (TPSA) is 29.9 Å². The van der Waals surface area contributed by atoms with Crippen LogP contribution in [0, 0.1) is 6.92 Å². The number of fused-ring (bicyclic) bond motifs is 1. The third kappa shape index (κ3) is 3.73. The molecular formula is C22H22ClN3. The highest BCUT2D eigenvalue weighted by atomic mass is 35.5. The van der Waals surface area contributed by atoms with Gasteiger partial charge in [-0.05, 0) is 36.2 Å². The van der Waals surface area contributed by atoms with Crippen molar-refractivity contribution >= 4 is 29.1 Å². The third-order valence-corrected chi connectivity index (χ3v) is 4.50. The van der Waals surface area contributed by atoms with Crippen molar-refractivity contribution in [2.45, 2.75) is 20.0 Å². The Morgan fingerprint density at radius 3 is 2.35 bits per heavy atom. The summed E-state index contributed by atoms with van der Waals surface area (Å²) >= 11 is 0. The van der Waals surface area contributed by atoms with Crippen LogP contribution in [0.1, 0.15) is 17.0 Å². The lowest BCUT2D eigenvalue weighted by Gasteiger charge is -2.12. The Kier molecular flexibility index (Phi) is 5.59. The van der Waals surface area contributed by atoms with E-state index in [4.69, 9.17) is 4.98 Å². The number of hydrogen-bond acceptors (Lipinski definition) is 2. The molecule has 0 aliphatic heterocycles. The highest BCUT2D eigenvalue weighted by Crippen LogP contribution is 2.20. The van der Waals surface area contributed by atoms with Crippen molar-refractivity contribution in [3.63, 3.8) is 0 Å². The summed E-state index contributed by atoms with van der Waals surface area (Å²) < 4.78 is 2.30. The molecular weight excluding hydrogens is 342 g/mol. The maximum absolute atomic E-state index is 4.85. The molecule has 1 N–H and O–H groups in total. The Labute approximate surface area is 160 Å². The van der Waals surface area contributed by atoms with Gasteiger partial charge in [-0.25, -0.2) is 4.98 Å². The van der Waals surface area contributed by atoms with Crippen molar-refractivity contribution < 1.29 is 0 Å². The van der Waals surface area contributed by atoms with Gasteiger partial charge in [0.1, 0.15) is 5.82 Å². The van der Waals surface area contributed by atoms with Gasteiger partial charge in [-0.1, -0.05) is 60.7 Å². The number of benzene rings is 3. The standard InChI is InChI=1S/C22H21N3.ClH/c1-17-9-5-6-12-19(17)23-15-22-24-20-13-7-8-14-21(20)25(22)16-18-10-3-2-4-11-18;/h2-14,23H,15-16H2,1H3;1H. The number of hydrogen-bond donors (Lipinski definition) is 1.